The summed E-state index contributed by atoms with van der Waals surface area (Å²) in [6.07, 6.45) is -0.0121. The SMILES string of the molecule is COCCOCCOC(=O)N[C@@H](Cc1ccccc1)C(=O)NCC(=O)N[C@@H](C)C(=O)N[C@H](C=O)C(C)C. The molecule has 0 saturated carbocycles. The molecule has 0 saturated heterocycles. The fourth-order valence-electron chi connectivity index (χ4n) is 2.98. The second-order valence-electron chi connectivity index (χ2n) is 8.55. The van der Waals surface area contributed by atoms with Crippen LogP contribution in [0.4, 0.5) is 4.79 Å². The van der Waals surface area contributed by atoms with Gasteiger partial charge in [-0.2, -0.15) is 0 Å². The first-order chi connectivity index (χ1) is 17.7. The maximum atomic E-state index is 12.8. The van der Waals surface area contributed by atoms with E-state index in [-0.39, 0.29) is 25.6 Å². The molecule has 0 aliphatic rings. The van der Waals surface area contributed by atoms with E-state index in [1.165, 1.54) is 6.92 Å². The lowest BCUT2D eigenvalue weighted by atomic mass is 10.1. The topological polar surface area (TPSA) is 161 Å². The van der Waals surface area contributed by atoms with Crippen LogP contribution in [0.15, 0.2) is 30.3 Å². The van der Waals surface area contributed by atoms with Crippen LogP contribution >= 0.6 is 0 Å². The van der Waals surface area contributed by atoms with Crippen molar-refractivity contribution in [3.8, 4) is 0 Å². The maximum Gasteiger partial charge on any atom is 0.407 e. The van der Waals surface area contributed by atoms with E-state index in [1.807, 2.05) is 6.07 Å². The lowest BCUT2D eigenvalue weighted by Crippen LogP contribution is -2.53. The number of alkyl carbamates (subject to hydrolysis) is 1. The smallest absolute Gasteiger partial charge is 0.407 e. The summed E-state index contributed by atoms with van der Waals surface area (Å²) in [5.41, 5.74) is 0.787. The molecule has 0 heterocycles. The molecule has 4 amide bonds. The van der Waals surface area contributed by atoms with Gasteiger partial charge in [-0.25, -0.2) is 4.79 Å². The molecule has 0 radical (unpaired) electrons. The van der Waals surface area contributed by atoms with E-state index in [9.17, 15) is 24.0 Å². The highest BCUT2D eigenvalue weighted by Crippen LogP contribution is 2.04. The van der Waals surface area contributed by atoms with Gasteiger partial charge in [0.1, 0.15) is 25.0 Å². The largest absolute Gasteiger partial charge is 0.447 e. The normalized spacial score (nSPS) is 13.1. The van der Waals surface area contributed by atoms with Gasteiger partial charge < -0.3 is 40.3 Å². The number of methoxy groups -OCH3 is 1. The van der Waals surface area contributed by atoms with Crippen LogP contribution in [0.5, 0.6) is 0 Å². The zero-order valence-corrected chi connectivity index (χ0v) is 21.8. The lowest BCUT2D eigenvalue weighted by Gasteiger charge is -2.21. The third-order valence-corrected chi connectivity index (χ3v) is 5.15. The minimum atomic E-state index is -1.02. The van der Waals surface area contributed by atoms with E-state index < -0.39 is 48.5 Å². The van der Waals surface area contributed by atoms with Crippen molar-refractivity contribution in [3.05, 3.63) is 35.9 Å². The molecule has 4 N–H and O–H groups in total. The summed E-state index contributed by atoms with van der Waals surface area (Å²) in [5, 5.41) is 9.99. The number of hydrogen-bond donors (Lipinski definition) is 4. The summed E-state index contributed by atoms with van der Waals surface area (Å²) >= 11 is 0. The van der Waals surface area contributed by atoms with Gasteiger partial charge in [-0.1, -0.05) is 44.2 Å². The van der Waals surface area contributed by atoms with Crippen LogP contribution in [-0.4, -0.2) is 88.3 Å². The summed E-state index contributed by atoms with van der Waals surface area (Å²) in [4.78, 5) is 60.6. The van der Waals surface area contributed by atoms with E-state index in [0.29, 0.717) is 19.5 Å². The summed E-state index contributed by atoms with van der Waals surface area (Å²) in [6, 6.07) is 6.41. The average Bonchev–Trinajstić information content (AvgIpc) is 2.87. The quantitative estimate of drug-likeness (QED) is 0.164. The Hall–Kier alpha value is -3.51. The highest BCUT2D eigenvalue weighted by Gasteiger charge is 2.24. The van der Waals surface area contributed by atoms with Crippen molar-refractivity contribution in [2.45, 2.75) is 45.3 Å². The molecule has 0 spiro atoms. The highest BCUT2D eigenvalue weighted by molar-refractivity contribution is 5.92. The van der Waals surface area contributed by atoms with Crippen LogP contribution in [0.25, 0.3) is 0 Å². The van der Waals surface area contributed by atoms with Gasteiger partial charge in [-0.15, -0.1) is 0 Å². The molecule has 1 rings (SSSR count). The van der Waals surface area contributed by atoms with E-state index in [1.54, 1.807) is 45.2 Å². The average molecular weight is 523 g/mol. The van der Waals surface area contributed by atoms with Crippen LogP contribution in [0.1, 0.15) is 26.3 Å². The Labute approximate surface area is 217 Å². The summed E-state index contributed by atoms with van der Waals surface area (Å²) < 4.78 is 15.1. The minimum absolute atomic E-state index is 0.0145. The number of carbonyl (C=O) groups is 5. The Morgan fingerprint density at radius 3 is 2.19 bits per heavy atom. The molecular formula is C25H38N4O8. The molecule has 1 aromatic rings. The first-order valence-corrected chi connectivity index (χ1v) is 12.0. The molecule has 37 heavy (non-hydrogen) atoms. The Morgan fingerprint density at radius 2 is 1.57 bits per heavy atom. The predicted molar refractivity (Wildman–Crippen MR) is 135 cm³/mol. The number of hydrogen-bond acceptors (Lipinski definition) is 8. The molecule has 0 bridgehead atoms. The first-order valence-electron chi connectivity index (χ1n) is 12.0. The first kappa shape index (κ1) is 31.5. The standard InChI is InChI=1S/C25H38N4O8/c1-17(2)21(16-30)28-23(32)18(3)27-22(31)15-26-24(33)20(14-19-8-6-5-7-9-19)29-25(34)37-13-12-36-11-10-35-4/h5-9,16-18,20-21H,10-15H2,1-4H3,(H,26,33)(H,27,31)(H,28,32)(H,29,34)/t18-,20-,21+/m0/s1. The molecule has 3 atom stereocenters. The van der Waals surface area contributed by atoms with E-state index in [2.05, 4.69) is 21.3 Å². The summed E-state index contributed by atoms with van der Waals surface area (Å²) in [7, 11) is 1.55. The monoisotopic (exact) mass is 522 g/mol. The van der Waals surface area contributed by atoms with Gasteiger partial charge in [0.25, 0.3) is 0 Å². The Kier molecular flexibility index (Phi) is 15.2. The Morgan fingerprint density at radius 1 is 0.892 bits per heavy atom. The maximum absolute atomic E-state index is 12.8. The van der Waals surface area contributed by atoms with Gasteiger partial charge in [0.05, 0.1) is 32.4 Å². The number of ether oxygens (including phenoxy) is 3. The van der Waals surface area contributed by atoms with E-state index >= 15 is 0 Å². The molecule has 0 unspecified atom stereocenters. The van der Waals surface area contributed by atoms with Gasteiger partial charge >= 0.3 is 6.09 Å². The van der Waals surface area contributed by atoms with Crippen molar-refractivity contribution in [1.29, 1.82) is 0 Å². The minimum Gasteiger partial charge on any atom is -0.447 e. The van der Waals surface area contributed by atoms with Gasteiger partial charge in [-0.3, -0.25) is 14.4 Å². The van der Waals surface area contributed by atoms with Crippen molar-refractivity contribution in [1.82, 2.24) is 21.3 Å². The second kappa shape index (κ2) is 17.8. The van der Waals surface area contributed by atoms with Gasteiger partial charge in [0, 0.05) is 13.5 Å². The zero-order chi connectivity index (χ0) is 27.6. The molecule has 0 aliphatic heterocycles. The summed E-state index contributed by atoms with van der Waals surface area (Å²) in [6.45, 7) is 5.54. The van der Waals surface area contributed by atoms with Gasteiger partial charge in [0.2, 0.25) is 17.7 Å². The van der Waals surface area contributed by atoms with Crippen molar-refractivity contribution in [2.24, 2.45) is 5.92 Å². The van der Waals surface area contributed by atoms with E-state index in [4.69, 9.17) is 14.2 Å². The summed E-state index contributed by atoms with van der Waals surface area (Å²) in [5.74, 6) is -1.85. The molecule has 0 fully saturated rings. The van der Waals surface area contributed by atoms with Crippen molar-refractivity contribution in [2.75, 3.05) is 40.1 Å². The van der Waals surface area contributed by atoms with Crippen LogP contribution in [-0.2, 0) is 39.8 Å². The van der Waals surface area contributed by atoms with E-state index in [0.717, 1.165) is 5.56 Å². The number of nitrogens with one attached hydrogen (secondary N) is 4. The number of amides is 4. The van der Waals surface area contributed by atoms with Crippen molar-refractivity contribution in [3.63, 3.8) is 0 Å². The molecule has 12 nitrogen and oxygen atoms in total. The number of carbonyl (C=O) groups excluding carboxylic acids is 5. The molecule has 12 heteroatoms. The van der Waals surface area contributed by atoms with Crippen LogP contribution in [0.3, 0.4) is 0 Å². The molecule has 0 aliphatic carbocycles. The second-order valence-corrected chi connectivity index (χ2v) is 8.55. The molecular weight excluding hydrogens is 484 g/mol. The Bertz CT molecular complexity index is 866. The van der Waals surface area contributed by atoms with Crippen LogP contribution in [0, 0.1) is 5.92 Å². The molecule has 0 aromatic heterocycles. The molecule has 206 valence electrons. The van der Waals surface area contributed by atoms with Gasteiger partial charge in [0.15, 0.2) is 0 Å². The van der Waals surface area contributed by atoms with Crippen LogP contribution < -0.4 is 21.3 Å². The fraction of sp³-hybridized carbons (Fsp3) is 0.560. The number of rotatable bonds is 17. The Balaban J connectivity index is 2.61. The lowest BCUT2D eigenvalue weighted by molar-refractivity contribution is -0.130. The van der Waals surface area contributed by atoms with Gasteiger partial charge in [-0.05, 0) is 18.4 Å². The fourth-order valence-corrected chi connectivity index (χ4v) is 2.98. The number of benzene rings is 1. The predicted octanol–water partition coefficient (Wildman–Crippen LogP) is -0.0525. The van der Waals surface area contributed by atoms with Crippen LogP contribution in [0.2, 0.25) is 0 Å². The third-order valence-electron chi connectivity index (χ3n) is 5.15. The van der Waals surface area contributed by atoms with Crippen molar-refractivity contribution < 1.29 is 38.2 Å². The molecule has 1 aromatic carbocycles. The van der Waals surface area contributed by atoms with Crippen molar-refractivity contribution >= 4 is 30.1 Å². The third kappa shape index (κ3) is 13.4. The number of aldehydes is 1. The highest BCUT2D eigenvalue weighted by atomic mass is 16.6. The zero-order valence-electron chi connectivity index (χ0n) is 21.8.